The van der Waals surface area contributed by atoms with Crippen LogP contribution in [-0.2, 0) is 6.54 Å². The minimum absolute atomic E-state index is 0.0567. The van der Waals surface area contributed by atoms with Crippen molar-refractivity contribution in [1.82, 2.24) is 10.6 Å². The van der Waals surface area contributed by atoms with Gasteiger partial charge in [0.05, 0.1) is 12.2 Å². The Labute approximate surface area is 95.3 Å². The SMILES string of the molecule is O[C@H]1[C@H](O)CN[C@@H]1CNCc1ccccc1. The molecule has 16 heavy (non-hydrogen) atoms. The molecule has 2 rings (SSSR count). The molecule has 4 heteroatoms. The number of aliphatic hydroxyl groups is 2. The third-order valence-corrected chi connectivity index (χ3v) is 2.93. The fourth-order valence-corrected chi connectivity index (χ4v) is 1.94. The third-order valence-electron chi connectivity index (χ3n) is 2.93. The van der Waals surface area contributed by atoms with E-state index in [9.17, 15) is 10.2 Å². The molecule has 0 unspecified atom stereocenters. The summed E-state index contributed by atoms with van der Waals surface area (Å²) < 4.78 is 0. The van der Waals surface area contributed by atoms with Gasteiger partial charge in [-0.1, -0.05) is 30.3 Å². The van der Waals surface area contributed by atoms with Crippen molar-refractivity contribution in [3.05, 3.63) is 35.9 Å². The number of hydrogen-bond donors (Lipinski definition) is 4. The Balaban J connectivity index is 1.73. The van der Waals surface area contributed by atoms with E-state index in [-0.39, 0.29) is 6.04 Å². The lowest BCUT2D eigenvalue weighted by Crippen LogP contribution is -2.41. The molecule has 1 heterocycles. The summed E-state index contributed by atoms with van der Waals surface area (Å²) in [7, 11) is 0. The molecule has 88 valence electrons. The summed E-state index contributed by atoms with van der Waals surface area (Å²) >= 11 is 0. The lowest BCUT2D eigenvalue weighted by atomic mass is 10.1. The van der Waals surface area contributed by atoms with Crippen LogP contribution in [0.15, 0.2) is 30.3 Å². The van der Waals surface area contributed by atoms with Crippen LogP contribution in [0.2, 0.25) is 0 Å². The Morgan fingerprint density at radius 2 is 2.00 bits per heavy atom. The van der Waals surface area contributed by atoms with E-state index in [4.69, 9.17) is 0 Å². The smallest absolute Gasteiger partial charge is 0.0976 e. The number of nitrogens with one attached hydrogen (secondary N) is 2. The molecular weight excluding hydrogens is 204 g/mol. The predicted octanol–water partition coefficient (Wildman–Crippen LogP) is -0.530. The molecule has 1 aromatic rings. The summed E-state index contributed by atoms with van der Waals surface area (Å²) in [5.74, 6) is 0. The van der Waals surface area contributed by atoms with Gasteiger partial charge in [-0.05, 0) is 5.56 Å². The standard InChI is InChI=1S/C12H18N2O2/c15-11-8-14-10(12(11)16)7-13-6-9-4-2-1-3-5-9/h1-5,10-16H,6-8H2/t10-,11-,12-/m1/s1. The molecule has 3 atom stereocenters. The fourth-order valence-electron chi connectivity index (χ4n) is 1.94. The van der Waals surface area contributed by atoms with Crippen LogP contribution in [0.4, 0.5) is 0 Å². The van der Waals surface area contributed by atoms with Crippen molar-refractivity contribution in [3.63, 3.8) is 0 Å². The fraction of sp³-hybridized carbons (Fsp3) is 0.500. The first kappa shape index (κ1) is 11.5. The van der Waals surface area contributed by atoms with Gasteiger partial charge in [0.2, 0.25) is 0 Å². The van der Waals surface area contributed by atoms with E-state index >= 15 is 0 Å². The zero-order chi connectivity index (χ0) is 11.4. The van der Waals surface area contributed by atoms with Gasteiger partial charge in [0.1, 0.15) is 0 Å². The van der Waals surface area contributed by atoms with E-state index in [0.29, 0.717) is 13.1 Å². The second-order valence-electron chi connectivity index (χ2n) is 4.19. The average molecular weight is 222 g/mol. The van der Waals surface area contributed by atoms with E-state index in [0.717, 1.165) is 6.54 Å². The summed E-state index contributed by atoms with van der Waals surface area (Å²) in [5, 5.41) is 25.3. The first-order valence-electron chi connectivity index (χ1n) is 5.61. The zero-order valence-electron chi connectivity index (χ0n) is 9.13. The molecule has 0 aliphatic carbocycles. The van der Waals surface area contributed by atoms with Crippen LogP contribution in [0.25, 0.3) is 0 Å². The van der Waals surface area contributed by atoms with Gasteiger partial charge in [-0.25, -0.2) is 0 Å². The highest BCUT2D eigenvalue weighted by Gasteiger charge is 2.32. The second kappa shape index (κ2) is 5.41. The molecule has 0 bridgehead atoms. The molecule has 1 fully saturated rings. The zero-order valence-corrected chi connectivity index (χ0v) is 9.13. The molecule has 0 aromatic heterocycles. The number of benzene rings is 1. The minimum atomic E-state index is -0.664. The summed E-state index contributed by atoms with van der Waals surface area (Å²) in [5.41, 5.74) is 1.22. The van der Waals surface area contributed by atoms with Gasteiger partial charge >= 0.3 is 0 Å². The molecule has 1 aromatic carbocycles. The maximum atomic E-state index is 9.60. The lowest BCUT2D eigenvalue weighted by molar-refractivity contribution is 0.0407. The average Bonchev–Trinajstić information content (AvgIpc) is 2.62. The number of rotatable bonds is 4. The number of hydrogen-bond acceptors (Lipinski definition) is 4. The number of aliphatic hydroxyl groups excluding tert-OH is 2. The van der Waals surface area contributed by atoms with Gasteiger partial charge in [0.15, 0.2) is 0 Å². The van der Waals surface area contributed by atoms with Crippen molar-refractivity contribution in [2.75, 3.05) is 13.1 Å². The van der Waals surface area contributed by atoms with Crippen LogP contribution < -0.4 is 10.6 Å². The predicted molar refractivity (Wildman–Crippen MR) is 62.0 cm³/mol. The molecule has 0 amide bonds. The van der Waals surface area contributed by atoms with Crippen LogP contribution in [0.3, 0.4) is 0 Å². The van der Waals surface area contributed by atoms with Crippen molar-refractivity contribution in [1.29, 1.82) is 0 Å². The van der Waals surface area contributed by atoms with Gasteiger partial charge in [-0.3, -0.25) is 0 Å². The van der Waals surface area contributed by atoms with E-state index in [1.807, 2.05) is 18.2 Å². The Bertz CT molecular complexity index is 318. The van der Waals surface area contributed by atoms with Crippen LogP contribution in [0.1, 0.15) is 5.56 Å². The van der Waals surface area contributed by atoms with Crippen molar-refractivity contribution < 1.29 is 10.2 Å². The van der Waals surface area contributed by atoms with Crippen molar-refractivity contribution >= 4 is 0 Å². The van der Waals surface area contributed by atoms with Gasteiger partial charge in [-0.2, -0.15) is 0 Å². The van der Waals surface area contributed by atoms with Crippen LogP contribution in [0, 0.1) is 0 Å². The summed E-state index contributed by atoms with van der Waals surface area (Å²) in [6.45, 7) is 1.91. The minimum Gasteiger partial charge on any atom is -0.389 e. The first-order valence-corrected chi connectivity index (χ1v) is 5.61. The third kappa shape index (κ3) is 2.80. The van der Waals surface area contributed by atoms with Gasteiger partial charge in [0, 0.05) is 25.7 Å². The monoisotopic (exact) mass is 222 g/mol. The molecule has 4 N–H and O–H groups in total. The maximum Gasteiger partial charge on any atom is 0.0976 e. The highest BCUT2D eigenvalue weighted by molar-refractivity contribution is 5.14. The van der Waals surface area contributed by atoms with E-state index in [2.05, 4.69) is 22.8 Å². The second-order valence-corrected chi connectivity index (χ2v) is 4.19. The van der Waals surface area contributed by atoms with Crippen molar-refractivity contribution in [3.8, 4) is 0 Å². The molecule has 1 saturated heterocycles. The normalized spacial score (nSPS) is 29.5. The largest absolute Gasteiger partial charge is 0.389 e. The highest BCUT2D eigenvalue weighted by Crippen LogP contribution is 2.07. The molecule has 1 aliphatic heterocycles. The maximum absolute atomic E-state index is 9.60. The Morgan fingerprint density at radius 1 is 1.25 bits per heavy atom. The van der Waals surface area contributed by atoms with E-state index in [1.54, 1.807) is 0 Å². The Kier molecular flexibility index (Phi) is 3.90. The van der Waals surface area contributed by atoms with Crippen LogP contribution in [-0.4, -0.2) is 41.6 Å². The van der Waals surface area contributed by atoms with Gasteiger partial charge < -0.3 is 20.8 Å². The van der Waals surface area contributed by atoms with Crippen LogP contribution in [0.5, 0.6) is 0 Å². The van der Waals surface area contributed by atoms with Gasteiger partial charge in [-0.15, -0.1) is 0 Å². The van der Waals surface area contributed by atoms with E-state index in [1.165, 1.54) is 5.56 Å². The summed E-state index contributed by atoms with van der Waals surface area (Å²) in [6, 6.07) is 10.1. The lowest BCUT2D eigenvalue weighted by Gasteiger charge is -2.16. The van der Waals surface area contributed by atoms with Crippen molar-refractivity contribution in [2.45, 2.75) is 24.8 Å². The first-order chi connectivity index (χ1) is 7.77. The molecule has 4 nitrogen and oxygen atoms in total. The molecule has 0 spiro atoms. The topological polar surface area (TPSA) is 64.5 Å². The Hall–Kier alpha value is -0.940. The summed E-state index contributed by atoms with van der Waals surface area (Å²) in [4.78, 5) is 0. The molecule has 0 radical (unpaired) electrons. The highest BCUT2D eigenvalue weighted by atomic mass is 16.3. The molecule has 1 aliphatic rings. The molecular formula is C12H18N2O2. The van der Waals surface area contributed by atoms with Gasteiger partial charge in [0.25, 0.3) is 0 Å². The van der Waals surface area contributed by atoms with E-state index < -0.39 is 12.2 Å². The molecule has 0 saturated carbocycles. The van der Waals surface area contributed by atoms with Crippen LogP contribution >= 0.6 is 0 Å². The Morgan fingerprint density at radius 3 is 2.62 bits per heavy atom. The number of β-amino-alcohol motifs (C(OH)–C–C–N with tert-alkyl or cyclic N) is 1. The van der Waals surface area contributed by atoms with Crippen molar-refractivity contribution in [2.24, 2.45) is 0 Å². The quantitative estimate of drug-likeness (QED) is 0.553. The summed E-state index contributed by atoms with van der Waals surface area (Å²) in [6.07, 6.45) is -1.30.